The quantitative estimate of drug-likeness (QED) is 0.709. The Hall–Kier alpha value is -3.28. The molecule has 0 unspecified atom stereocenters. The Labute approximate surface area is 158 Å². The molecule has 0 amide bonds. The second-order valence-corrected chi connectivity index (χ2v) is 7.30. The second-order valence-electron chi connectivity index (χ2n) is 7.30. The Morgan fingerprint density at radius 3 is 2.37 bits per heavy atom. The Morgan fingerprint density at radius 1 is 1.04 bits per heavy atom. The first kappa shape index (κ1) is 18.5. The number of anilines is 1. The maximum absolute atomic E-state index is 10.9. The molecule has 0 radical (unpaired) electrons. The molecule has 27 heavy (non-hydrogen) atoms. The van der Waals surface area contributed by atoms with Gasteiger partial charge in [-0.1, -0.05) is 32.9 Å². The minimum atomic E-state index is -0.934. The first-order valence-electron chi connectivity index (χ1n) is 8.69. The average Bonchev–Trinajstić information content (AvgIpc) is 2.66. The zero-order valence-electron chi connectivity index (χ0n) is 15.6. The Morgan fingerprint density at radius 2 is 1.78 bits per heavy atom. The summed E-state index contributed by atoms with van der Waals surface area (Å²) in [5.74, 6) is -0.425. The summed E-state index contributed by atoms with van der Waals surface area (Å²) in [5, 5.41) is 12.1. The minimum absolute atomic E-state index is 0.00705. The smallest absolute Gasteiger partial charge is 0.335 e. The lowest BCUT2D eigenvalue weighted by molar-refractivity contribution is 0.0697. The molecule has 0 atom stereocenters. The van der Waals surface area contributed by atoms with Crippen LogP contribution < -0.4 is 5.32 Å². The second kappa shape index (κ2) is 7.53. The summed E-state index contributed by atoms with van der Waals surface area (Å²) in [6.07, 6.45) is 3.53. The lowest BCUT2D eigenvalue weighted by atomic mass is 9.91. The normalized spacial score (nSPS) is 11.2. The number of aromatic nitrogens is 3. The summed E-state index contributed by atoms with van der Waals surface area (Å²) in [6, 6.07) is 12.6. The Kier molecular flexibility index (Phi) is 5.16. The van der Waals surface area contributed by atoms with Crippen molar-refractivity contribution < 1.29 is 9.90 Å². The topological polar surface area (TPSA) is 88.0 Å². The van der Waals surface area contributed by atoms with Gasteiger partial charge in [0.05, 0.1) is 11.3 Å². The van der Waals surface area contributed by atoms with Crippen LogP contribution in [0.4, 0.5) is 5.95 Å². The van der Waals surface area contributed by atoms with Gasteiger partial charge in [0.1, 0.15) is 0 Å². The summed E-state index contributed by atoms with van der Waals surface area (Å²) in [7, 11) is 0. The number of hydrogen-bond acceptors (Lipinski definition) is 5. The first-order chi connectivity index (χ1) is 12.8. The molecule has 3 aromatic rings. The first-order valence-corrected chi connectivity index (χ1v) is 8.69. The molecule has 6 heteroatoms. The molecule has 0 saturated heterocycles. The molecule has 0 bridgehead atoms. The van der Waals surface area contributed by atoms with Gasteiger partial charge in [0, 0.05) is 35.6 Å². The van der Waals surface area contributed by atoms with E-state index in [4.69, 9.17) is 5.11 Å². The van der Waals surface area contributed by atoms with E-state index in [-0.39, 0.29) is 11.0 Å². The maximum Gasteiger partial charge on any atom is 0.335 e. The SMILES string of the molecule is CC(C)(C)c1ccc(-c2ccnc(NCc3ccc(C(=O)O)cc3)n2)cn1. The van der Waals surface area contributed by atoms with Crippen molar-refractivity contribution in [3.05, 3.63) is 71.7 Å². The van der Waals surface area contributed by atoms with Gasteiger partial charge in [0.2, 0.25) is 5.95 Å². The van der Waals surface area contributed by atoms with Gasteiger partial charge >= 0.3 is 5.97 Å². The van der Waals surface area contributed by atoms with Gasteiger partial charge in [0.25, 0.3) is 0 Å². The lowest BCUT2D eigenvalue weighted by Gasteiger charge is -2.17. The molecule has 0 spiro atoms. The van der Waals surface area contributed by atoms with Gasteiger partial charge < -0.3 is 10.4 Å². The number of nitrogens with zero attached hydrogens (tertiary/aromatic N) is 3. The van der Waals surface area contributed by atoms with Crippen LogP contribution in [0, 0.1) is 0 Å². The van der Waals surface area contributed by atoms with Crippen LogP contribution in [0.2, 0.25) is 0 Å². The number of benzene rings is 1. The number of hydrogen-bond donors (Lipinski definition) is 2. The van der Waals surface area contributed by atoms with Crippen molar-refractivity contribution in [2.75, 3.05) is 5.32 Å². The van der Waals surface area contributed by atoms with E-state index < -0.39 is 5.97 Å². The highest BCUT2D eigenvalue weighted by Gasteiger charge is 2.15. The molecule has 2 aromatic heterocycles. The highest BCUT2D eigenvalue weighted by molar-refractivity contribution is 5.87. The number of pyridine rings is 1. The number of nitrogens with one attached hydrogen (secondary N) is 1. The standard InChI is InChI=1S/C21H22N4O2/c1-21(2,3)18-9-8-16(13-23-18)17-10-11-22-20(25-17)24-12-14-4-6-15(7-5-14)19(26)27/h4-11,13H,12H2,1-3H3,(H,26,27)(H,22,24,25). The number of rotatable bonds is 5. The fourth-order valence-electron chi connectivity index (χ4n) is 2.54. The van der Waals surface area contributed by atoms with Crippen LogP contribution in [0.15, 0.2) is 54.9 Å². The molecule has 2 heterocycles. The number of carbonyl (C=O) groups is 1. The summed E-state index contributed by atoms with van der Waals surface area (Å²) >= 11 is 0. The molecule has 6 nitrogen and oxygen atoms in total. The van der Waals surface area contributed by atoms with Crippen molar-refractivity contribution in [1.82, 2.24) is 15.0 Å². The lowest BCUT2D eigenvalue weighted by Crippen LogP contribution is -2.13. The predicted molar refractivity (Wildman–Crippen MR) is 105 cm³/mol. The van der Waals surface area contributed by atoms with Crippen LogP contribution in [0.1, 0.15) is 42.4 Å². The molecule has 0 aliphatic carbocycles. The average molecular weight is 362 g/mol. The number of carboxylic acid groups (broad SMARTS) is 1. The molecule has 2 N–H and O–H groups in total. The van der Waals surface area contributed by atoms with E-state index in [2.05, 4.69) is 41.0 Å². The fraction of sp³-hybridized carbons (Fsp3) is 0.238. The monoisotopic (exact) mass is 362 g/mol. The Balaban J connectivity index is 1.71. The van der Waals surface area contributed by atoms with Gasteiger partial charge in [0.15, 0.2) is 0 Å². The van der Waals surface area contributed by atoms with Crippen LogP contribution in [0.5, 0.6) is 0 Å². The van der Waals surface area contributed by atoms with Crippen LogP contribution in [-0.2, 0) is 12.0 Å². The summed E-state index contributed by atoms with van der Waals surface area (Å²) in [5.41, 5.74) is 3.98. The van der Waals surface area contributed by atoms with E-state index >= 15 is 0 Å². The Bertz CT molecular complexity index is 930. The van der Waals surface area contributed by atoms with E-state index in [0.717, 1.165) is 22.5 Å². The van der Waals surface area contributed by atoms with Crippen LogP contribution in [-0.4, -0.2) is 26.0 Å². The molecular formula is C21H22N4O2. The maximum atomic E-state index is 10.9. The van der Waals surface area contributed by atoms with Crippen molar-refractivity contribution in [2.45, 2.75) is 32.7 Å². The minimum Gasteiger partial charge on any atom is -0.478 e. The van der Waals surface area contributed by atoms with Crippen LogP contribution in [0.3, 0.4) is 0 Å². The van der Waals surface area contributed by atoms with Gasteiger partial charge in [-0.2, -0.15) is 0 Å². The zero-order chi connectivity index (χ0) is 19.4. The van der Waals surface area contributed by atoms with Crippen molar-refractivity contribution >= 4 is 11.9 Å². The third-order valence-electron chi connectivity index (χ3n) is 4.13. The van der Waals surface area contributed by atoms with E-state index in [1.165, 1.54) is 0 Å². The highest BCUT2D eigenvalue weighted by atomic mass is 16.4. The van der Waals surface area contributed by atoms with Crippen molar-refractivity contribution in [2.24, 2.45) is 0 Å². The van der Waals surface area contributed by atoms with Gasteiger partial charge in [-0.05, 0) is 35.9 Å². The highest BCUT2D eigenvalue weighted by Crippen LogP contribution is 2.23. The van der Waals surface area contributed by atoms with E-state index in [1.54, 1.807) is 30.5 Å². The molecule has 1 aromatic carbocycles. The van der Waals surface area contributed by atoms with Crippen LogP contribution in [0.25, 0.3) is 11.3 Å². The molecule has 0 saturated carbocycles. The third kappa shape index (κ3) is 4.67. The summed E-state index contributed by atoms with van der Waals surface area (Å²) < 4.78 is 0. The molecule has 0 aliphatic rings. The number of carboxylic acids is 1. The zero-order valence-corrected chi connectivity index (χ0v) is 15.6. The van der Waals surface area contributed by atoms with Gasteiger partial charge in [-0.15, -0.1) is 0 Å². The summed E-state index contributed by atoms with van der Waals surface area (Å²) in [4.78, 5) is 24.2. The van der Waals surface area contributed by atoms with E-state index in [1.807, 2.05) is 24.4 Å². The third-order valence-corrected chi connectivity index (χ3v) is 4.13. The van der Waals surface area contributed by atoms with E-state index in [0.29, 0.717) is 12.5 Å². The largest absolute Gasteiger partial charge is 0.478 e. The number of aromatic carboxylic acids is 1. The van der Waals surface area contributed by atoms with Crippen molar-refractivity contribution in [1.29, 1.82) is 0 Å². The predicted octanol–water partition coefficient (Wildman–Crippen LogP) is 4.15. The van der Waals surface area contributed by atoms with Gasteiger partial charge in [-0.3, -0.25) is 4.98 Å². The van der Waals surface area contributed by atoms with Crippen molar-refractivity contribution in [3.8, 4) is 11.3 Å². The molecule has 0 fully saturated rings. The molecule has 138 valence electrons. The molecule has 0 aliphatic heterocycles. The fourth-order valence-corrected chi connectivity index (χ4v) is 2.54. The van der Waals surface area contributed by atoms with E-state index in [9.17, 15) is 4.79 Å². The summed E-state index contributed by atoms with van der Waals surface area (Å²) in [6.45, 7) is 6.89. The molecule has 3 rings (SSSR count). The van der Waals surface area contributed by atoms with Gasteiger partial charge in [-0.25, -0.2) is 14.8 Å². The van der Waals surface area contributed by atoms with Crippen molar-refractivity contribution in [3.63, 3.8) is 0 Å². The molecular weight excluding hydrogens is 340 g/mol. The van der Waals surface area contributed by atoms with Crippen LogP contribution >= 0.6 is 0 Å².